The van der Waals surface area contributed by atoms with Crippen molar-refractivity contribution in [2.45, 2.75) is 60.4 Å². The lowest BCUT2D eigenvalue weighted by molar-refractivity contribution is 0.186. The summed E-state index contributed by atoms with van der Waals surface area (Å²) in [5, 5.41) is 0. The third-order valence-corrected chi connectivity index (χ3v) is 3.64. The van der Waals surface area contributed by atoms with Crippen LogP contribution in [-0.4, -0.2) is 6.04 Å². The molecule has 4 atom stereocenters. The second-order valence-electron chi connectivity index (χ2n) is 5.37. The molecule has 0 aliphatic heterocycles. The van der Waals surface area contributed by atoms with Crippen molar-refractivity contribution in [3.05, 3.63) is 0 Å². The Morgan fingerprint density at radius 2 is 1.50 bits per heavy atom. The highest BCUT2D eigenvalue weighted by Crippen LogP contribution is 2.31. The second-order valence-corrected chi connectivity index (χ2v) is 5.37. The number of nitrogens with two attached hydrogens (primary N) is 1. The quantitative estimate of drug-likeness (QED) is 0.694. The maximum atomic E-state index is 5.85. The van der Waals surface area contributed by atoms with E-state index in [0.717, 1.165) is 30.1 Å². The van der Waals surface area contributed by atoms with Crippen molar-refractivity contribution in [3.8, 4) is 0 Å². The molecule has 0 bridgehead atoms. The molecule has 0 aliphatic carbocycles. The summed E-state index contributed by atoms with van der Waals surface area (Å²) in [7, 11) is 0. The van der Waals surface area contributed by atoms with Gasteiger partial charge >= 0.3 is 0 Å². The van der Waals surface area contributed by atoms with Crippen LogP contribution in [0, 0.1) is 23.7 Å². The molecule has 1 heteroatoms. The molecule has 0 fully saturated rings. The van der Waals surface area contributed by atoms with E-state index in [2.05, 4.69) is 41.5 Å². The van der Waals surface area contributed by atoms with Gasteiger partial charge in [0, 0.05) is 6.04 Å². The molecular weight excluding hydrogens is 170 g/mol. The Hall–Kier alpha value is -0.0400. The summed E-state index contributed by atoms with van der Waals surface area (Å²) in [5.74, 6) is 3.20. The van der Waals surface area contributed by atoms with Crippen molar-refractivity contribution in [2.24, 2.45) is 29.4 Å². The molecule has 0 amide bonds. The van der Waals surface area contributed by atoms with Crippen LogP contribution in [-0.2, 0) is 0 Å². The van der Waals surface area contributed by atoms with Gasteiger partial charge in [-0.05, 0) is 37.0 Å². The zero-order valence-electron chi connectivity index (χ0n) is 10.9. The van der Waals surface area contributed by atoms with Crippen molar-refractivity contribution in [1.29, 1.82) is 0 Å². The van der Waals surface area contributed by atoms with E-state index in [4.69, 9.17) is 5.73 Å². The van der Waals surface area contributed by atoms with Gasteiger partial charge in [0.1, 0.15) is 0 Å². The Kier molecular flexibility index (Phi) is 6.43. The number of rotatable bonds is 6. The maximum Gasteiger partial charge on any atom is 0.00131 e. The molecular formula is C13H29N. The highest BCUT2D eigenvalue weighted by molar-refractivity contribution is 4.74. The van der Waals surface area contributed by atoms with E-state index in [1.807, 2.05) is 0 Å². The molecule has 0 saturated carbocycles. The Labute approximate surface area is 90.5 Å². The standard InChI is InChI=1S/C13H29N/c1-7-13(9(2)3)12(6)10(4)8-11(5)14/h9-13H,7-8,14H2,1-6H3. The molecule has 0 heterocycles. The van der Waals surface area contributed by atoms with Crippen molar-refractivity contribution < 1.29 is 0 Å². The monoisotopic (exact) mass is 199 g/mol. The van der Waals surface area contributed by atoms with Crippen LogP contribution in [0.25, 0.3) is 0 Å². The Morgan fingerprint density at radius 1 is 1.00 bits per heavy atom. The summed E-state index contributed by atoms with van der Waals surface area (Å²) < 4.78 is 0. The Morgan fingerprint density at radius 3 is 1.79 bits per heavy atom. The molecule has 86 valence electrons. The average Bonchev–Trinajstić information content (AvgIpc) is 2.03. The Balaban J connectivity index is 4.19. The molecule has 1 nitrogen and oxygen atoms in total. The predicted octanol–water partition coefficient (Wildman–Crippen LogP) is 3.68. The van der Waals surface area contributed by atoms with E-state index in [-0.39, 0.29) is 0 Å². The van der Waals surface area contributed by atoms with E-state index >= 15 is 0 Å². The first-order chi connectivity index (χ1) is 6.40. The summed E-state index contributed by atoms with van der Waals surface area (Å²) in [6.45, 7) is 13.8. The summed E-state index contributed by atoms with van der Waals surface area (Å²) >= 11 is 0. The minimum Gasteiger partial charge on any atom is -0.328 e. The van der Waals surface area contributed by atoms with Gasteiger partial charge in [-0.25, -0.2) is 0 Å². The maximum absolute atomic E-state index is 5.85. The first-order valence-corrected chi connectivity index (χ1v) is 6.15. The zero-order valence-corrected chi connectivity index (χ0v) is 10.9. The largest absolute Gasteiger partial charge is 0.328 e. The molecule has 0 spiro atoms. The summed E-state index contributed by atoms with van der Waals surface area (Å²) in [6.07, 6.45) is 2.45. The first kappa shape index (κ1) is 14.0. The van der Waals surface area contributed by atoms with Gasteiger partial charge in [-0.1, -0.05) is 41.0 Å². The third-order valence-electron chi connectivity index (χ3n) is 3.64. The van der Waals surface area contributed by atoms with Gasteiger partial charge in [-0.3, -0.25) is 0 Å². The van der Waals surface area contributed by atoms with Crippen LogP contribution < -0.4 is 5.73 Å². The van der Waals surface area contributed by atoms with Crippen LogP contribution in [0.1, 0.15) is 54.4 Å². The topological polar surface area (TPSA) is 26.0 Å². The minimum atomic E-state index is 0.345. The van der Waals surface area contributed by atoms with Crippen LogP contribution in [0.2, 0.25) is 0 Å². The number of hydrogen-bond donors (Lipinski definition) is 1. The highest BCUT2D eigenvalue weighted by Gasteiger charge is 2.24. The fraction of sp³-hybridized carbons (Fsp3) is 1.00. The van der Waals surface area contributed by atoms with Crippen LogP contribution in [0.3, 0.4) is 0 Å². The average molecular weight is 199 g/mol. The summed E-state index contributed by atoms with van der Waals surface area (Å²) in [6, 6.07) is 0.345. The third kappa shape index (κ3) is 4.45. The van der Waals surface area contributed by atoms with Gasteiger partial charge in [-0.15, -0.1) is 0 Å². The van der Waals surface area contributed by atoms with Gasteiger partial charge in [0.05, 0.1) is 0 Å². The zero-order chi connectivity index (χ0) is 11.3. The molecule has 0 aromatic rings. The fourth-order valence-corrected chi connectivity index (χ4v) is 2.67. The molecule has 2 N–H and O–H groups in total. The van der Waals surface area contributed by atoms with Gasteiger partial charge < -0.3 is 5.73 Å². The lowest BCUT2D eigenvalue weighted by atomic mass is 9.75. The highest BCUT2D eigenvalue weighted by atomic mass is 14.6. The first-order valence-electron chi connectivity index (χ1n) is 6.15. The van der Waals surface area contributed by atoms with E-state index in [0.29, 0.717) is 6.04 Å². The molecule has 0 saturated heterocycles. The molecule has 0 aliphatic rings. The van der Waals surface area contributed by atoms with Crippen LogP contribution in [0.4, 0.5) is 0 Å². The van der Waals surface area contributed by atoms with E-state index in [1.54, 1.807) is 0 Å². The molecule has 0 radical (unpaired) electrons. The van der Waals surface area contributed by atoms with Crippen molar-refractivity contribution in [3.63, 3.8) is 0 Å². The van der Waals surface area contributed by atoms with Crippen molar-refractivity contribution >= 4 is 0 Å². The lowest BCUT2D eigenvalue weighted by Gasteiger charge is -2.31. The molecule has 0 rings (SSSR count). The molecule has 0 aromatic carbocycles. The van der Waals surface area contributed by atoms with Crippen LogP contribution >= 0.6 is 0 Å². The smallest absolute Gasteiger partial charge is 0.00131 e. The lowest BCUT2D eigenvalue weighted by Crippen LogP contribution is -2.27. The normalized spacial score (nSPS) is 20.6. The van der Waals surface area contributed by atoms with Crippen molar-refractivity contribution in [2.75, 3.05) is 0 Å². The minimum absolute atomic E-state index is 0.345. The summed E-state index contributed by atoms with van der Waals surface area (Å²) in [5.41, 5.74) is 5.85. The Bertz CT molecular complexity index is 140. The molecule has 4 unspecified atom stereocenters. The van der Waals surface area contributed by atoms with Gasteiger partial charge in [0.15, 0.2) is 0 Å². The van der Waals surface area contributed by atoms with Crippen molar-refractivity contribution in [1.82, 2.24) is 0 Å². The van der Waals surface area contributed by atoms with E-state index < -0.39 is 0 Å². The van der Waals surface area contributed by atoms with E-state index in [1.165, 1.54) is 6.42 Å². The van der Waals surface area contributed by atoms with Crippen LogP contribution in [0.5, 0.6) is 0 Å². The van der Waals surface area contributed by atoms with Crippen LogP contribution in [0.15, 0.2) is 0 Å². The molecule has 14 heavy (non-hydrogen) atoms. The molecule has 0 aromatic heterocycles. The summed E-state index contributed by atoms with van der Waals surface area (Å²) in [4.78, 5) is 0. The van der Waals surface area contributed by atoms with Gasteiger partial charge in [-0.2, -0.15) is 0 Å². The van der Waals surface area contributed by atoms with E-state index in [9.17, 15) is 0 Å². The SMILES string of the molecule is CCC(C(C)C)C(C)C(C)CC(C)N. The van der Waals surface area contributed by atoms with Gasteiger partial charge in [0.2, 0.25) is 0 Å². The predicted molar refractivity (Wildman–Crippen MR) is 65.2 cm³/mol. The number of hydrogen-bond acceptors (Lipinski definition) is 1. The second kappa shape index (κ2) is 6.44. The van der Waals surface area contributed by atoms with Gasteiger partial charge in [0.25, 0.3) is 0 Å². The fourth-order valence-electron chi connectivity index (χ4n) is 2.67.